The Morgan fingerprint density at radius 3 is 2.42 bits per heavy atom. The molecule has 2 aromatic heterocycles. The number of carbonyl (C=O) groups is 1. The van der Waals surface area contributed by atoms with E-state index in [4.69, 9.17) is 0 Å². The highest BCUT2D eigenvalue weighted by Crippen LogP contribution is 2.36. The molecule has 31 heavy (non-hydrogen) atoms. The van der Waals surface area contributed by atoms with Gasteiger partial charge >= 0.3 is 0 Å². The third-order valence-corrected chi connectivity index (χ3v) is 5.97. The number of amides is 1. The number of likely N-dealkylation sites (tertiary alicyclic amines) is 1. The van der Waals surface area contributed by atoms with Crippen LogP contribution in [0.3, 0.4) is 0 Å². The van der Waals surface area contributed by atoms with Gasteiger partial charge in [-0.3, -0.25) is 19.7 Å². The number of nitrogens with zero attached hydrogens (tertiary/aromatic N) is 3. The molecule has 3 aromatic rings. The highest BCUT2D eigenvalue weighted by molar-refractivity contribution is 5.84. The van der Waals surface area contributed by atoms with E-state index in [9.17, 15) is 4.79 Å². The topological polar surface area (TPSA) is 58.1 Å². The van der Waals surface area contributed by atoms with E-state index >= 15 is 0 Å². The van der Waals surface area contributed by atoms with Crippen LogP contribution < -0.4 is 5.32 Å². The summed E-state index contributed by atoms with van der Waals surface area (Å²) in [7, 11) is 0. The minimum absolute atomic E-state index is 0.130. The molecule has 5 nitrogen and oxygen atoms in total. The minimum Gasteiger partial charge on any atom is -0.353 e. The fourth-order valence-electron chi connectivity index (χ4n) is 4.42. The maximum Gasteiger partial charge on any atom is 0.228 e. The molecule has 160 valence electrons. The number of pyridine rings is 2. The van der Waals surface area contributed by atoms with Crippen molar-refractivity contribution in [2.45, 2.75) is 39.3 Å². The van der Waals surface area contributed by atoms with Crippen LogP contribution in [-0.4, -0.2) is 39.9 Å². The van der Waals surface area contributed by atoms with Crippen LogP contribution in [0.1, 0.15) is 31.4 Å². The molecule has 1 amide bonds. The Balaban J connectivity index is 1.52. The maximum absolute atomic E-state index is 13.3. The summed E-state index contributed by atoms with van der Waals surface area (Å²) in [6, 6.07) is 16.8. The Bertz CT molecular complexity index is 989. The second-order valence-corrected chi connectivity index (χ2v) is 8.84. The number of nitrogens with one attached hydrogen (secondary N) is 1. The lowest BCUT2D eigenvalue weighted by Gasteiger charge is -2.30. The second kappa shape index (κ2) is 9.40. The number of hydrogen-bond donors (Lipinski definition) is 1. The Kier molecular flexibility index (Phi) is 6.42. The standard InChI is InChI=1S/C26H30N4O/c1-20(2)29-25(31)26(11-15-30(19-26)18-22-4-3-12-28-17-22)16-21-5-7-23(8-6-21)24-9-13-27-14-10-24/h3-10,12-14,17,20H,11,15-16,18-19H2,1-2H3,(H,29,31)/t26-/m0/s1. The number of rotatable bonds is 7. The molecular weight excluding hydrogens is 384 g/mol. The summed E-state index contributed by atoms with van der Waals surface area (Å²) in [5.41, 5.74) is 4.28. The first-order valence-electron chi connectivity index (χ1n) is 11.0. The fourth-order valence-corrected chi connectivity index (χ4v) is 4.42. The molecule has 1 aromatic carbocycles. The van der Waals surface area contributed by atoms with Crippen molar-refractivity contribution < 1.29 is 4.79 Å². The van der Waals surface area contributed by atoms with Gasteiger partial charge in [-0.25, -0.2) is 0 Å². The van der Waals surface area contributed by atoms with Crippen LogP contribution in [0.2, 0.25) is 0 Å². The van der Waals surface area contributed by atoms with E-state index in [0.29, 0.717) is 0 Å². The van der Waals surface area contributed by atoms with Crippen LogP contribution in [0.5, 0.6) is 0 Å². The predicted molar refractivity (Wildman–Crippen MR) is 123 cm³/mol. The molecule has 1 aliphatic heterocycles. The number of carbonyl (C=O) groups excluding carboxylic acids is 1. The molecule has 0 unspecified atom stereocenters. The van der Waals surface area contributed by atoms with Gasteiger partial charge in [0.25, 0.3) is 0 Å². The van der Waals surface area contributed by atoms with Crippen molar-refractivity contribution in [1.82, 2.24) is 20.2 Å². The minimum atomic E-state index is -0.412. The average Bonchev–Trinajstić information content (AvgIpc) is 3.19. The van der Waals surface area contributed by atoms with Crippen molar-refractivity contribution in [1.29, 1.82) is 0 Å². The molecule has 1 N–H and O–H groups in total. The smallest absolute Gasteiger partial charge is 0.228 e. The molecule has 0 radical (unpaired) electrons. The Morgan fingerprint density at radius 1 is 1.00 bits per heavy atom. The molecule has 1 fully saturated rings. The molecule has 5 heteroatoms. The van der Waals surface area contributed by atoms with Crippen LogP contribution in [0.4, 0.5) is 0 Å². The zero-order valence-corrected chi connectivity index (χ0v) is 18.3. The van der Waals surface area contributed by atoms with Crippen LogP contribution in [-0.2, 0) is 17.8 Å². The second-order valence-electron chi connectivity index (χ2n) is 8.84. The first-order chi connectivity index (χ1) is 15.0. The van der Waals surface area contributed by atoms with Gasteiger partial charge in [0, 0.05) is 43.9 Å². The Morgan fingerprint density at radius 2 is 1.74 bits per heavy atom. The molecule has 0 bridgehead atoms. The Hall–Kier alpha value is -3.05. The van der Waals surface area contributed by atoms with Crippen molar-refractivity contribution in [3.8, 4) is 11.1 Å². The molecular formula is C26H30N4O. The van der Waals surface area contributed by atoms with Gasteiger partial charge in [-0.05, 0) is 73.7 Å². The predicted octanol–water partition coefficient (Wildman–Crippen LogP) is 4.10. The highest BCUT2D eigenvalue weighted by Gasteiger charge is 2.44. The van der Waals surface area contributed by atoms with E-state index in [0.717, 1.165) is 43.6 Å². The van der Waals surface area contributed by atoms with Gasteiger partial charge in [0.1, 0.15) is 0 Å². The van der Waals surface area contributed by atoms with Gasteiger partial charge in [-0.15, -0.1) is 0 Å². The first-order valence-corrected chi connectivity index (χ1v) is 11.0. The van der Waals surface area contributed by atoms with E-state index in [1.165, 1.54) is 11.1 Å². The quantitative estimate of drug-likeness (QED) is 0.632. The third-order valence-electron chi connectivity index (χ3n) is 5.97. The van der Waals surface area contributed by atoms with Crippen molar-refractivity contribution in [3.05, 3.63) is 84.4 Å². The molecule has 1 saturated heterocycles. The summed E-state index contributed by atoms with van der Waals surface area (Å²) in [6.45, 7) is 6.54. The van der Waals surface area contributed by atoms with Crippen LogP contribution in [0.15, 0.2) is 73.3 Å². The molecule has 4 rings (SSSR count). The van der Waals surface area contributed by atoms with Crippen LogP contribution in [0.25, 0.3) is 11.1 Å². The fraction of sp³-hybridized carbons (Fsp3) is 0.346. The molecule has 0 aliphatic carbocycles. The van der Waals surface area contributed by atoms with Crippen molar-refractivity contribution in [2.75, 3.05) is 13.1 Å². The number of benzene rings is 1. The molecule has 0 saturated carbocycles. The summed E-state index contributed by atoms with van der Waals surface area (Å²) in [6.07, 6.45) is 8.92. The first kappa shape index (κ1) is 21.2. The number of aromatic nitrogens is 2. The maximum atomic E-state index is 13.3. The SMILES string of the molecule is CC(C)NC(=O)[C@]1(Cc2ccc(-c3ccncc3)cc2)CCN(Cc2cccnc2)C1. The van der Waals surface area contributed by atoms with Crippen LogP contribution in [0, 0.1) is 5.41 Å². The zero-order chi connectivity index (χ0) is 21.7. The van der Waals surface area contributed by atoms with E-state index < -0.39 is 5.41 Å². The van der Waals surface area contributed by atoms with E-state index in [2.05, 4.69) is 50.5 Å². The lowest BCUT2D eigenvalue weighted by Crippen LogP contribution is -2.46. The van der Waals surface area contributed by atoms with E-state index in [1.807, 2.05) is 50.6 Å². The lowest BCUT2D eigenvalue weighted by molar-refractivity contribution is -0.131. The van der Waals surface area contributed by atoms with Crippen molar-refractivity contribution in [2.24, 2.45) is 5.41 Å². The Labute approximate surface area is 184 Å². The van der Waals surface area contributed by atoms with Gasteiger partial charge in [0.15, 0.2) is 0 Å². The van der Waals surface area contributed by atoms with E-state index in [1.54, 1.807) is 6.20 Å². The molecule has 0 spiro atoms. The summed E-state index contributed by atoms with van der Waals surface area (Å²) >= 11 is 0. The summed E-state index contributed by atoms with van der Waals surface area (Å²) in [5, 5.41) is 3.18. The molecule has 1 atom stereocenters. The molecule has 3 heterocycles. The summed E-state index contributed by atoms with van der Waals surface area (Å²) in [4.78, 5) is 24.0. The van der Waals surface area contributed by atoms with Gasteiger partial charge in [-0.2, -0.15) is 0 Å². The van der Waals surface area contributed by atoms with Crippen LogP contribution >= 0.6 is 0 Å². The van der Waals surface area contributed by atoms with Crippen molar-refractivity contribution in [3.63, 3.8) is 0 Å². The van der Waals surface area contributed by atoms with Gasteiger partial charge in [0.05, 0.1) is 5.41 Å². The lowest BCUT2D eigenvalue weighted by atomic mass is 9.79. The monoisotopic (exact) mass is 414 g/mol. The summed E-state index contributed by atoms with van der Waals surface area (Å²) < 4.78 is 0. The van der Waals surface area contributed by atoms with Crippen molar-refractivity contribution >= 4 is 5.91 Å². The normalized spacial score (nSPS) is 18.9. The van der Waals surface area contributed by atoms with Gasteiger partial charge < -0.3 is 5.32 Å². The third kappa shape index (κ3) is 5.17. The number of hydrogen-bond acceptors (Lipinski definition) is 4. The van der Waals surface area contributed by atoms with E-state index in [-0.39, 0.29) is 11.9 Å². The molecule has 1 aliphatic rings. The van der Waals surface area contributed by atoms with Gasteiger partial charge in [0.2, 0.25) is 5.91 Å². The highest BCUT2D eigenvalue weighted by atomic mass is 16.2. The zero-order valence-electron chi connectivity index (χ0n) is 18.3. The average molecular weight is 415 g/mol. The summed E-state index contributed by atoms with van der Waals surface area (Å²) in [5.74, 6) is 0.161. The van der Waals surface area contributed by atoms with Gasteiger partial charge in [-0.1, -0.05) is 30.3 Å². The largest absolute Gasteiger partial charge is 0.353 e.